The van der Waals surface area contributed by atoms with Gasteiger partial charge in [0.2, 0.25) is 0 Å². The van der Waals surface area contributed by atoms with Gasteiger partial charge in [0.05, 0.1) is 19.8 Å². The van der Waals surface area contributed by atoms with Gasteiger partial charge in [0.1, 0.15) is 5.52 Å². The van der Waals surface area contributed by atoms with Gasteiger partial charge in [-0.2, -0.15) is 0 Å². The summed E-state index contributed by atoms with van der Waals surface area (Å²) in [4.78, 5) is 16.4. The maximum atomic E-state index is 12.2. The number of aromatic nitrogens is 1. The lowest BCUT2D eigenvalue weighted by molar-refractivity contribution is 0.102. The van der Waals surface area contributed by atoms with Gasteiger partial charge in [-0.05, 0) is 30.3 Å². The smallest absolute Gasteiger partial charge is 0.255 e. The van der Waals surface area contributed by atoms with Crippen LogP contribution in [-0.2, 0) is 0 Å². The van der Waals surface area contributed by atoms with E-state index < -0.39 is 0 Å². The van der Waals surface area contributed by atoms with E-state index in [4.69, 9.17) is 40.5 Å². The zero-order valence-corrected chi connectivity index (χ0v) is 13.9. The number of carbonyl (C=O) groups excluding carboxylic acids is 1. The minimum atomic E-state index is -0.313. The van der Waals surface area contributed by atoms with Gasteiger partial charge in [-0.1, -0.05) is 46.1 Å². The van der Waals surface area contributed by atoms with Crippen molar-refractivity contribution in [3.8, 4) is 0 Å². The summed E-state index contributed by atoms with van der Waals surface area (Å²) in [6, 6.07) is 8.06. The third kappa shape index (κ3) is 2.98. The second kappa shape index (κ2) is 5.93. The minimum Gasteiger partial charge on any atom is -0.375 e. The van der Waals surface area contributed by atoms with Gasteiger partial charge >= 0.3 is 0 Å². The van der Waals surface area contributed by atoms with Gasteiger partial charge in [-0.15, -0.1) is 0 Å². The van der Waals surface area contributed by atoms with Crippen LogP contribution in [-0.4, -0.2) is 10.9 Å². The molecule has 8 heteroatoms. The number of benzene rings is 2. The number of fused-ring (bicyclic) bond motifs is 1. The van der Waals surface area contributed by atoms with E-state index in [1.807, 2.05) is 0 Å². The molecule has 3 rings (SSSR count). The van der Waals surface area contributed by atoms with Crippen molar-refractivity contribution in [2.24, 2.45) is 0 Å². The number of carbonyl (C=O) groups is 1. The van der Waals surface area contributed by atoms with Gasteiger partial charge in [-0.25, -0.2) is 4.98 Å². The van der Waals surface area contributed by atoms with Gasteiger partial charge in [0.25, 0.3) is 5.91 Å². The van der Waals surface area contributed by atoms with Crippen molar-refractivity contribution in [2.75, 3.05) is 11.1 Å². The largest absolute Gasteiger partial charge is 0.375 e. The van der Waals surface area contributed by atoms with Crippen LogP contribution in [0.4, 0.5) is 10.8 Å². The summed E-state index contributed by atoms with van der Waals surface area (Å²) >= 11 is 19.2. The van der Waals surface area contributed by atoms with Crippen LogP contribution in [0.2, 0.25) is 15.1 Å². The first kappa shape index (κ1) is 15.4. The Morgan fingerprint density at radius 3 is 2.59 bits per heavy atom. The summed E-state index contributed by atoms with van der Waals surface area (Å²) in [6.07, 6.45) is 0. The second-order valence-electron chi connectivity index (χ2n) is 4.44. The zero-order chi connectivity index (χ0) is 15.9. The summed E-state index contributed by atoms with van der Waals surface area (Å²) in [7, 11) is 0. The van der Waals surface area contributed by atoms with Crippen LogP contribution in [0, 0.1) is 0 Å². The molecule has 112 valence electrons. The first-order valence-electron chi connectivity index (χ1n) is 6.06. The normalized spacial score (nSPS) is 10.9. The van der Waals surface area contributed by atoms with Gasteiger partial charge < -0.3 is 11.1 Å². The molecule has 0 atom stereocenters. The van der Waals surface area contributed by atoms with Crippen molar-refractivity contribution in [3.05, 3.63) is 51.0 Å². The Labute approximate surface area is 144 Å². The SMILES string of the molecule is Nc1nc2c(Cl)cc(NC(=O)c3ccc(Cl)c(Cl)c3)cc2s1. The lowest BCUT2D eigenvalue weighted by atomic mass is 10.2. The number of nitrogen functional groups attached to an aromatic ring is 1. The van der Waals surface area contributed by atoms with E-state index in [0.717, 1.165) is 4.70 Å². The van der Waals surface area contributed by atoms with E-state index in [-0.39, 0.29) is 5.91 Å². The fourth-order valence-electron chi connectivity index (χ4n) is 1.92. The molecule has 1 aromatic heterocycles. The van der Waals surface area contributed by atoms with Crippen molar-refractivity contribution in [2.45, 2.75) is 0 Å². The van der Waals surface area contributed by atoms with E-state index in [1.165, 1.54) is 17.4 Å². The number of thiazole rings is 1. The second-order valence-corrected chi connectivity index (χ2v) is 6.72. The predicted octanol–water partition coefficient (Wildman–Crippen LogP) is 5.09. The molecule has 0 aliphatic heterocycles. The molecular formula is C14H8Cl3N3OS. The van der Waals surface area contributed by atoms with Crippen molar-refractivity contribution < 1.29 is 4.79 Å². The van der Waals surface area contributed by atoms with Gasteiger partial charge in [-0.3, -0.25) is 4.79 Å². The lowest BCUT2D eigenvalue weighted by Gasteiger charge is -2.07. The van der Waals surface area contributed by atoms with Crippen molar-refractivity contribution >= 4 is 73.1 Å². The maximum absolute atomic E-state index is 12.2. The van der Waals surface area contributed by atoms with Crippen molar-refractivity contribution in [1.82, 2.24) is 4.98 Å². The van der Waals surface area contributed by atoms with Crippen LogP contribution in [0.15, 0.2) is 30.3 Å². The molecule has 1 heterocycles. The van der Waals surface area contributed by atoms with Crippen LogP contribution in [0.25, 0.3) is 10.2 Å². The molecule has 4 nitrogen and oxygen atoms in total. The Morgan fingerprint density at radius 1 is 1.09 bits per heavy atom. The number of amides is 1. The number of nitrogens with two attached hydrogens (primary N) is 1. The van der Waals surface area contributed by atoms with Crippen LogP contribution in [0.3, 0.4) is 0 Å². The maximum Gasteiger partial charge on any atom is 0.255 e. The molecule has 3 aromatic rings. The van der Waals surface area contributed by atoms with Crippen LogP contribution < -0.4 is 11.1 Å². The molecule has 22 heavy (non-hydrogen) atoms. The zero-order valence-electron chi connectivity index (χ0n) is 10.9. The molecule has 0 unspecified atom stereocenters. The number of anilines is 2. The topological polar surface area (TPSA) is 68.0 Å². The standard InChI is InChI=1S/C14H8Cl3N3OS/c15-8-2-1-6(3-9(8)16)13(21)19-7-4-10(17)12-11(5-7)22-14(18)20-12/h1-5H,(H2,18,20)(H,19,21). The van der Waals surface area contributed by atoms with Crippen molar-refractivity contribution in [3.63, 3.8) is 0 Å². The van der Waals surface area contributed by atoms with Crippen LogP contribution >= 0.6 is 46.1 Å². The first-order valence-corrected chi connectivity index (χ1v) is 8.01. The molecule has 0 aliphatic rings. The summed E-state index contributed by atoms with van der Waals surface area (Å²) in [6.45, 7) is 0. The molecule has 0 saturated carbocycles. The van der Waals surface area contributed by atoms with Crippen LogP contribution in [0.1, 0.15) is 10.4 Å². The summed E-state index contributed by atoms with van der Waals surface area (Å²) in [5.41, 5.74) is 7.24. The summed E-state index contributed by atoms with van der Waals surface area (Å²) in [5, 5.41) is 4.32. The molecule has 0 fully saturated rings. The number of hydrogen-bond acceptors (Lipinski definition) is 4. The molecule has 1 amide bonds. The molecular weight excluding hydrogens is 365 g/mol. The van der Waals surface area contributed by atoms with E-state index in [2.05, 4.69) is 10.3 Å². The molecule has 0 radical (unpaired) electrons. The molecule has 0 bridgehead atoms. The molecule has 2 aromatic carbocycles. The van der Waals surface area contributed by atoms with E-state index >= 15 is 0 Å². The minimum absolute atomic E-state index is 0.313. The highest BCUT2D eigenvalue weighted by molar-refractivity contribution is 7.22. The monoisotopic (exact) mass is 371 g/mol. The Hall–Kier alpha value is -1.53. The Kier molecular flexibility index (Phi) is 4.14. The average molecular weight is 373 g/mol. The lowest BCUT2D eigenvalue weighted by Crippen LogP contribution is -2.11. The fourth-order valence-corrected chi connectivity index (χ4v) is 3.33. The highest BCUT2D eigenvalue weighted by atomic mass is 35.5. The van der Waals surface area contributed by atoms with Crippen molar-refractivity contribution in [1.29, 1.82) is 0 Å². The average Bonchev–Trinajstić information content (AvgIpc) is 2.83. The Bertz CT molecular complexity index is 894. The number of halogens is 3. The predicted molar refractivity (Wildman–Crippen MR) is 93.5 cm³/mol. The van der Waals surface area contributed by atoms with E-state index in [9.17, 15) is 4.79 Å². The fraction of sp³-hybridized carbons (Fsp3) is 0. The van der Waals surface area contributed by atoms with Gasteiger partial charge in [0, 0.05) is 11.3 Å². The number of nitrogens with one attached hydrogen (secondary N) is 1. The van der Waals surface area contributed by atoms with E-state index in [1.54, 1.807) is 24.3 Å². The summed E-state index contributed by atoms with van der Waals surface area (Å²) in [5.74, 6) is -0.313. The quantitative estimate of drug-likeness (QED) is 0.658. The van der Waals surface area contributed by atoms with E-state index in [0.29, 0.717) is 37.0 Å². The Balaban J connectivity index is 1.91. The Morgan fingerprint density at radius 2 is 1.86 bits per heavy atom. The van der Waals surface area contributed by atoms with Gasteiger partial charge in [0.15, 0.2) is 5.13 Å². The number of rotatable bonds is 2. The molecule has 0 aliphatic carbocycles. The molecule has 0 saturated heterocycles. The molecule has 0 spiro atoms. The highest BCUT2D eigenvalue weighted by Gasteiger charge is 2.12. The first-order chi connectivity index (χ1) is 10.4. The highest BCUT2D eigenvalue weighted by Crippen LogP contribution is 2.33. The number of nitrogens with zero attached hydrogens (tertiary/aromatic N) is 1. The third-order valence-corrected chi connectivity index (χ3v) is 4.76. The summed E-state index contributed by atoms with van der Waals surface area (Å²) < 4.78 is 0.800. The molecule has 3 N–H and O–H groups in total. The third-order valence-electron chi connectivity index (χ3n) is 2.90. The van der Waals surface area contributed by atoms with Crippen LogP contribution in [0.5, 0.6) is 0 Å². The number of hydrogen-bond donors (Lipinski definition) is 2.